The molecule has 0 fully saturated rings. The highest BCUT2D eigenvalue weighted by molar-refractivity contribution is 9.09. The third kappa shape index (κ3) is 4.56. The molecular weight excluding hydrogens is 310 g/mol. The van der Waals surface area contributed by atoms with Gasteiger partial charge in [-0.25, -0.2) is 8.42 Å². The monoisotopic (exact) mass is 329 g/mol. The van der Waals surface area contributed by atoms with Gasteiger partial charge in [0.25, 0.3) is 0 Å². The second kappa shape index (κ2) is 6.15. The largest absolute Gasteiger partial charge is 0.383 e. The lowest BCUT2D eigenvalue weighted by atomic mass is 10.2. The van der Waals surface area contributed by atoms with Gasteiger partial charge in [0.1, 0.15) is 4.75 Å². The SMILES string of the molecule is COCC(Br)CN(C)C(=O)C(C)(C)S(C)(=O)=O. The molecule has 0 aromatic heterocycles. The van der Waals surface area contributed by atoms with Crippen LogP contribution in [-0.2, 0) is 19.4 Å². The summed E-state index contributed by atoms with van der Waals surface area (Å²) >= 11 is 3.36. The number of halogens is 1. The van der Waals surface area contributed by atoms with Gasteiger partial charge in [-0.2, -0.15) is 0 Å². The summed E-state index contributed by atoms with van der Waals surface area (Å²) in [5, 5.41) is 0. The van der Waals surface area contributed by atoms with E-state index in [2.05, 4.69) is 15.9 Å². The molecule has 0 rings (SSSR count). The van der Waals surface area contributed by atoms with Crippen LogP contribution in [0.25, 0.3) is 0 Å². The van der Waals surface area contributed by atoms with E-state index >= 15 is 0 Å². The van der Waals surface area contributed by atoms with Gasteiger partial charge >= 0.3 is 0 Å². The summed E-state index contributed by atoms with van der Waals surface area (Å²) in [6, 6.07) is 0. The van der Waals surface area contributed by atoms with Gasteiger partial charge in [0.2, 0.25) is 5.91 Å². The second-order valence-corrected chi connectivity index (χ2v) is 8.38. The van der Waals surface area contributed by atoms with Crippen LogP contribution in [0.4, 0.5) is 0 Å². The number of hydrogen-bond acceptors (Lipinski definition) is 4. The fourth-order valence-corrected chi connectivity index (χ4v) is 2.40. The minimum atomic E-state index is -3.43. The number of methoxy groups -OCH3 is 1. The molecule has 0 heterocycles. The fourth-order valence-electron chi connectivity index (χ4n) is 1.23. The highest BCUT2D eigenvalue weighted by Gasteiger charge is 2.40. The molecular formula is C10H20BrNO4S. The lowest BCUT2D eigenvalue weighted by molar-refractivity contribution is -0.131. The molecule has 0 saturated carbocycles. The molecule has 7 heteroatoms. The third-order valence-corrected chi connectivity index (χ3v) is 5.19. The van der Waals surface area contributed by atoms with Crippen molar-refractivity contribution in [3.05, 3.63) is 0 Å². The van der Waals surface area contributed by atoms with Crippen molar-refractivity contribution in [2.75, 3.05) is 33.6 Å². The number of amides is 1. The van der Waals surface area contributed by atoms with Crippen LogP contribution >= 0.6 is 15.9 Å². The summed E-state index contributed by atoms with van der Waals surface area (Å²) in [7, 11) is -0.284. The topological polar surface area (TPSA) is 63.7 Å². The first-order valence-corrected chi connectivity index (χ1v) is 7.93. The van der Waals surface area contributed by atoms with Crippen molar-refractivity contribution in [2.45, 2.75) is 23.4 Å². The highest BCUT2D eigenvalue weighted by Crippen LogP contribution is 2.18. The number of alkyl halides is 1. The number of carbonyl (C=O) groups is 1. The van der Waals surface area contributed by atoms with Crippen LogP contribution in [0.5, 0.6) is 0 Å². The first kappa shape index (κ1) is 16.9. The molecule has 1 amide bonds. The van der Waals surface area contributed by atoms with E-state index < -0.39 is 20.5 Å². The van der Waals surface area contributed by atoms with Crippen molar-refractivity contribution in [3.63, 3.8) is 0 Å². The van der Waals surface area contributed by atoms with Gasteiger partial charge in [-0.15, -0.1) is 0 Å². The zero-order valence-electron chi connectivity index (χ0n) is 10.9. The van der Waals surface area contributed by atoms with E-state index in [0.29, 0.717) is 13.2 Å². The Morgan fingerprint density at radius 2 is 1.94 bits per heavy atom. The number of ether oxygens (including phenoxy) is 1. The van der Waals surface area contributed by atoms with Gasteiger partial charge in [-0.3, -0.25) is 4.79 Å². The molecule has 0 aliphatic heterocycles. The molecule has 1 atom stereocenters. The summed E-state index contributed by atoms with van der Waals surface area (Å²) in [5.41, 5.74) is 0. The molecule has 0 aromatic rings. The van der Waals surface area contributed by atoms with Crippen molar-refractivity contribution in [3.8, 4) is 0 Å². The number of nitrogens with zero attached hydrogens (tertiary/aromatic N) is 1. The Bertz CT molecular complexity index is 367. The summed E-state index contributed by atoms with van der Waals surface area (Å²) < 4.78 is 26.6. The number of hydrogen-bond donors (Lipinski definition) is 0. The maximum Gasteiger partial charge on any atom is 0.243 e. The molecule has 0 aliphatic carbocycles. The Kier molecular flexibility index (Phi) is 6.10. The average Bonchev–Trinajstić information content (AvgIpc) is 2.14. The highest BCUT2D eigenvalue weighted by atomic mass is 79.9. The predicted octanol–water partition coefficient (Wildman–Crippen LogP) is 0.678. The van der Waals surface area contributed by atoms with E-state index in [-0.39, 0.29) is 4.83 Å². The van der Waals surface area contributed by atoms with Crippen LogP contribution in [0.1, 0.15) is 13.8 Å². The Balaban J connectivity index is 4.72. The molecule has 5 nitrogen and oxygen atoms in total. The quantitative estimate of drug-likeness (QED) is 0.672. The van der Waals surface area contributed by atoms with Gasteiger partial charge in [0, 0.05) is 27.0 Å². The van der Waals surface area contributed by atoms with Gasteiger partial charge in [0.15, 0.2) is 9.84 Å². The first-order valence-electron chi connectivity index (χ1n) is 5.12. The summed E-state index contributed by atoms with van der Waals surface area (Å²) in [5.74, 6) is -0.416. The Labute approximate surface area is 112 Å². The Morgan fingerprint density at radius 1 is 1.47 bits per heavy atom. The van der Waals surface area contributed by atoms with Crippen molar-refractivity contribution in [1.82, 2.24) is 4.90 Å². The Hall–Kier alpha value is -0.140. The van der Waals surface area contributed by atoms with E-state index in [9.17, 15) is 13.2 Å². The molecule has 17 heavy (non-hydrogen) atoms. The van der Waals surface area contributed by atoms with Crippen LogP contribution in [0, 0.1) is 0 Å². The van der Waals surface area contributed by atoms with Crippen LogP contribution in [-0.4, -0.2) is 62.4 Å². The van der Waals surface area contributed by atoms with E-state index in [1.165, 1.54) is 18.7 Å². The number of carbonyl (C=O) groups excluding carboxylic acids is 1. The molecule has 102 valence electrons. The van der Waals surface area contributed by atoms with E-state index in [1.807, 2.05) is 0 Å². The predicted molar refractivity (Wildman–Crippen MR) is 71.2 cm³/mol. The second-order valence-electron chi connectivity index (χ2n) is 4.52. The molecule has 0 bridgehead atoms. The summed E-state index contributed by atoms with van der Waals surface area (Å²) in [4.78, 5) is 13.4. The van der Waals surface area contributed by atoms with Crippen LogP contribution < -0.4 is 0 Å². The van der Waals surface area contributed by atoms with Crippen LogP contribution in [0.15, 0.2) is 0 Å². The van der Waals surface area contributed by atoms with E-state index in [1.54, 1.807) is 14.2 Å². The number of sulfone groups is 1. The van der Waals surface area contributed by atoms with Gasteiger partial charge in [-0.1, -0.05) is 15.9 Å². The lowest BCUT2D eigenvalue weighted by Gasteiger charge is -2.29. The standard InChI is InChI=1S/C10H20BrNO4S/c1-10(2,17(5,14)15)9(13)12(3)6-8(11)7-16-4/h8H,6-7H2,1-5H3. The molecule has 1 unspecified atom stereocenters. The molecule has 0 saturated heterocycles. The molecule has 0 radical (unpaired) electrons. The van der Waals surface area contributed by atoms with Crippen LogP contribution in [0.2, 0.25) is 0 Å². The maximum absolute atomic E-state index is 12.0. The molecule has 0 aromatic carbocycles. The smallest absolute Gasteiger partial charge is 0.243 e. The summed E-state index contributed by atoms with van der Waals surface area (Å²) in [6.45, 7) is 3.68. The van der Waals surface area contributed by atoms with Gasteiger partial charge in [-0.05, 0) is 13.8 Å². The average molecular weight is 330 g/mol. The molecule has 0 aliphatic rings. The van der Waals surface area contributed by atoms with E-state index in [0.717, 1.165) is 6.26 Å². The molecule has 0 spiro atoms. The van der Waals surface area contributed by atoms with Gasteiger partial charge < -0.3 is 9.64 Å². The van der Waals surface area contributed by atoms with E-state index in [4.69, 9.17) is 4.74 Å². The zero-order valence-corrected chi connectivity index (χ0v) is 13.3. The maximum atomic E-state index is 12.0. The van der Waals surface area contributed by atoms with Gasteiger partial charge in [0.05, 0.1) is 11.4 Å². The lowest BCUT2D eigenvalue weighted by Crippen LogP contribution is -2.49. The summed E-state index contributed by atoms with van der Waals surface area (Å²) in [6.07, 6.45) is 1.07. The van der Waals surface area contributed by atoms with Crippen LogP contribution in [0.3, 0.4) is 0 Å². The Morgan fingerprint density at radius 3 is 2.29 bits per heavy atom. The fraction of sp³-hybridized carbons (Fsp3) is 0.900. The normalized spacial score (nSPS) is 14.5. The van der Waals surface area contributed by atoms with Crippen molar-refractivity contribution >= 4 is 31.7 Å². The van der Waals surface area contributed by atoms with Crippen molar-refractivity contribution < 1.29 is 17.9 Å². The third-order valence-electron chi connectivity index (χ3n) is 2.61. The minimum absolute atomic E-state index is 0.0168. The minimum Gasteiger partial charge on any atom is -0.383 e. The zero-order chi connectivity index (χ0) is 13.9. The number of rotatable bonds is 6. The van der Waals surface area contributed by atoms with Crippen molar-refractivity contribution in [1.29, 1.82) is 0 Å². The molecule has 0 N–H and O–H groups in total. The first-order chi connectivity index (χ1) is 7.54. The van der Waals surface area contributed by atoms with Crippen molar-refractivity contribution in [2.24, 2.45) is 0 Å².